The predicted octanol–water partition coefficient (Wildman–Crippen LogP) is 14.5. The monoisotopic (exact) mass is 744 g/mol. The van der Waals surface area contributed by atoms with Crippen molar-refractivity contribution in [2.24, 2.45) is 0 Å². The normalized spacial score (nSPS) is 14.3. The molecule has 0 aliphatic heterocycles. The summed E-state index contributed by atoms with van der Waals surface area (Å²) in [4.78, 5) is 0. The van der Waals surface area contributed by atoms with E-state index in [1.54, 1.807) is 6.08 Å². The highest BCUT2D eigenvalue weighted by molar-refractivity contribution is 6.19. The van der Waals surface area contributed by atoms with Gasteiger partial charge in [0, 0.05) is 43.1 Å². The molecule has 0 bridgehead atoms. The van der Waals surface area contributed by atoms with Gasteiger partial charge in [0.05, 0.1) is 0 Å². The second kappa shape index (κ2) is 16.0. The van der Waals surface area contributed by atoms with Crippen molar-refractivity contribution >= 4 is 102 Å². The predicted molar refractivity (Wildman–Crippen MR) is 244 cm³/mol. The van der Waals surface area contributed by atoms with Crippen molar-refractivity contribution in [1.29, 1.82) is 0 Å². The standard InChI is InChI=1S/C51H38O4.C2H6/c1-5-8-10-16-20-45-37(19-13-9-6-2)38(32(4)52-45)25-33(7-3)35-21-23-46-39(26-35)41-28-50-43(30-48(41)53-46)44-31-49-42(29-51(44)55-50)40-27-36(22-24-47(40)54-49)34-17-14-11-12-15-18-34;1-2/h5-14,16-31H,1,4,15H2,2-3H3;1-2H3/b9-6+,10-8-,19-13+,20-16-,33-7+,38-25+;. The summed E-state index contributed by atoms with van der Waals surface area (Å²) in [6, 6.07) is 21.1. The van der Waals surface area contributed by atoms with Crippen LogP contribution in [0.3, 0.4) is 0 Å². The lowest BCUT2D eigenvalue weighted by molar-refractivity contribution is 0.523. The van der Waals surface area contributed by atoms with Crippen LogP contribution in [0.15, 0.2) is 164 Å². The number of fused-ring (bicyclic) bond motifs is 9. The molecule has 0 atom stereocenters. The topological polar surface area (TPSA) is 52.6 Å². The van der Waals surface area contributed by atoms with Crippen LogP contribution >= 0.6 is 0 Å². The SMILES string of the molecule is C=C/C=C\C=C/c1oc(=C)/c(=C\C(=C/C)c2ccc3oc4cc5c(cc4c3c2)oc2cc3c(cc25)oc2ccc(C4=CCC=CC=C4)cc23)c1/C=C/C=C/C.CC. The molecule has 0 unspecified atom stereocenters. The number of hydrogen-bond acceptors (Lipinski definition) is 4. The Morgan fingerprint density at radius 3 is 1.89 bits per heavy atom. The summed E-state index contributed by atoms with van der Waals surface area (Å²) >= 11 is 0. The van der Waals surface area contributed by atoms with Crippen LogP contribution in [0, 0.1) is 0 Å². The quantitative estimate of drug-likeness (QED) is 0.145. The van der Waals surface area contributed by atoms with Gasteiger partial charge >= 0.3 is 0 Å². The average Bonchev–Trinajstić information content (AvgIpc) is 3.89. The summed E-state index contributed by atoms with van der Waals surface area (Å²) in [5, 5.41) is 7.01. The van der Waals surface area contributed by atoms with Crippen LogP contribution in [-0.4, -0.2) is 0 Å². The molecule has 0 saturated carbocycles. The lowest BCUT2D eigenvalue weighted by Crippen LogP contribution is -2.20. The second-order valence-corrected chi connectivity index (χ2v) is 13.6. The minimum Gasteiger partial charge on any atom is -0.457 e. The molecule has 8 aromatic rings. The molecule has 1 aliphatic rings. The van der Waals surface area contributed by atoms with E-state index in [0.717, 1.165) is 105 Å². The van der Waals surface area contributed by atoms with Crippen LogP contribution in [0.5, 0.6) is 0 Å². The van der Waals surface area contributed by atoms with E-state index in [-0.39, 0.29) is 0 Å². The minimum atomic E-state index is 0.598. The zero-order valence-electron chi connectivity index (χ0n) is 32.8. The highest BCUT2D eigenvalue weighted by Crippen LogP contribution is 2.41. The number of benzene rings is 4. The number of furan rings is 4. The van der Waals surface area contributed by atoms with Gasteiger partial charge in [-0.05, 0) is 103 Å². The van der Waals surface area contributed by atoms with Crippen molar-refractivity contribution in [1.82, 2.24) is 0 Å². The van der Waals surface area contributed by atoms with E-state index >= 15 is 0 Å². The van der Waals surface area contributed by atoms with Gasteiger partial charge in [-0.3, -0.25) is 0 Å². The van der Waals surface area contributed by atoms with Crippen LogP contribution in [-0.2, 0) is 0 Å². The van der Waals surface area contributed by atoms with Gasteiger partial charge in [-0.2, -0.15) is 0 Å². The molecule has 0 fully saturated rings. The fraction of sp³-hybridized carbons (Fsp3) is 0.0943. The van der Waals surface area contributed by atoms with Crippen molar-refractivity contribution in [3.63, 3.8) is 0 Å². The third-order valence-corrected chi connectivity index (χ3v) is 10.2. The summed E-state index contributed by atoms with van der Waals surface area (Å²) < 4.78 is 25.6. The van der Waals surface area contributed by atoms with E-state index < -0.39 is 0 Å². The Bertz CT molecular complexity index is 3220. The van der Waals surface area contributed by atoms with Gasteiger partial charge in [0.1, 0.15) is 44.7 Å². The molecule has 4 heterocycles. The third-order valence-electron chi connectivity index (χ3n) is 10.2. The Morgan fingerprint density at radius 2 is 1.25 bits per heavy atom. The zero-order valence-corrected chi connectivity index (χ0v) is 32.8. The maximum absolute atomic E-state index is 6.58. The first-order valence-corrected chi connectivity index (χ1v) is 19.5. The lowest BCUT2D eigenvalue weighted by Gasteiger charge is -2.03. The maximum Gasteiger partial charge on any atom is 0.136 e. The second-order valence-electron chi connectivity index (χ2n) is 13.6. The first-order chi connectivity index (χ1) is 28.0. The lowest BCUT2D eigenvalue weighted by atomic mass is 10.00. The number of rotatable bonds is 8. The molecule has 4 nitrogen and oxygen atoms in total. The number of allylic oxidation sites excluding steroid dienone is 15. The fourth-order valence-electron chi connectivity index (χ4n) is 7.48. The molecule has 0 spiro atoms. The molecular formula is C53H44O4. The number of hydrogen-bond donors (Lipinski definition) is 0. The smallest absolute Gasteiger partial charge is 0.136 e. The van der Waals surface area contributed by atoms with Gasteiger partial charge in [-0.25, -0.2) is 0 Å². The Balaban J connectivity index is 0.00000224. The van der Waals surface area contributed by atoms with Gasteiger partial charge < -0.3 is 17.7 Å². The Morgan fingerprint density at radius 1 is 0.632 bits per heavy atom. The van der Waals surface area contributed by atoms with Crippen molar-refractivity contribution in [3.05, 3.63) is 179 Å². The van der Waals surface area contributed by atoms with E-state index in [1.165, 1.54) is 5.57 Å². The van der Waals surface area contributed by atoms with E-state index in [2.05, 4.69) is 116 Å². The molecule has 4 aromatic carbocycles. The summed E-state index contributed by atoms with van der Waals surface area (Å²) in [6.07, 6.45) is 33.4. The molecule has 9 rings (SSSR count). The Labute approximate surface area is 331 Å². The van der Waals surface area contributed by atoms with Crippen molar-refractivity contribution in [3.8, 4) is 0 Å². The molecule has 0 N–H and O–H groups in total. The highest BCUT2D eigenvalue weighted by atomic mass is 16.3. The minimum absolute atomic E-state index is 0.598. The van der Waals surface area contributed by atoms with Crippen LogP contribution in [0.1, 0.15) is 56.6 Å². The summed E-state index contributed by atoms with van der Waals surface area (Å²) in [6.45, 7) is 16.0. The largest absolute Gasteiger partial charge is 0.457 e. The summed E-state index contributed by atoms with van der Waals surface area (Å²) in [5.41, 5.74) is 10.9. The molecule has 280 valence electrons. The molecule has 4 aromatic heterocycles. The Hall–Kier alpha value is -7.04. The highest BCUT2D eigenvalue weighted by Gasteiger charge is 2.18. The van der Waals surface area contributed by atoms with Crippen LogP contribution < -0.4 is 10.6 Å². The molecule has 0 radical (unpaired) electrons. The maximum atomic E-state index is 6.58. The van der Waals surface area contributed by atoms with E-state index in [4.69, 9.17) is 17.7 Å². The van der Waals surface area contributed by atoms with E-state index in [9.17, 15) is 0 Å². The average molecular weight is 745 g/mol. The van der Waals surface area contributed by atoms with E-state index in [1.807, 2.05) is 76.3 Å². The summed E-state index contributed by atoms with van der Waals surface area (Å²) in [7, 11) is 0. The fourth-order valence-corrected chi connectivity index (χ4v) is 7.48. The van der Waals surface area contributed by atoms with Gasteiger partial charge in [0.2, 0.25) is 0 Å². The van der Waals surface area contributed by atoms with Gasteiger partial charge in [-0.15, -0.1) is 0 Å². The molecule has 0 amide bonds. The van der Waals surface area contributed by atoms with E-state index in [0.29, 0.717) is 5.42 Å². The van der Waals surface area contributed by atoms with Crippen molar-refractivity contribution in [2.45, 2.75) is 34.1 Å². The van der Waals surface area contributed by atoms with Crippen molar-refractivity contribution < 1.29 is 17.7 Å². The summed E-state index contributed by atoms with van der Waals surface area (Å²) in [5.74, 6) is 0.737. The van der Waals surface area contributed by atoms with Crippen LogP contribution in [0.2, 0.25) is 0 Å². The first kappa shape index (κ1) is 36.9. The molecule has 1 aliphatic carbocycles. The van der Waals surface area contributed by atoms with Crippen molar-refractivity contribution in [2.75, 3.05) is 0 Å². The van der Waals surface area contributed by atoms with Crippen LogP contribution in [0.25, 0.3) is 102 Å². The first-order valence-electron chi connectivity index (χ1n) is 19.5. The molecule has 57 heavy (non-hydrogen) atoms. The Kier molecular flexibility index (Phi) is 10.3. The van der Waals surface area contributed by atoms with Crippen LogP contribution in [0.4, 0.5) is 0 Å². The molecular weight excluding hydrogens is 701 g/mol. The third kappa shape index (κ3) is 6.91. The van der Waals surface area contributed by atoms with Gasteiger partial charge in [-0.1, -0.05) is 124 Å². The van der Waals surface area contributed by atoms with Gasteiger partial charge in [0.25, 0.3) is 0 Å². The molecule has 4 heteroatoms. The zero-order chi connectivity index (χ0) is 39.5. The van der Waals surface area contributed by atoms with Gasteiger partial charge in [0.15, 0.2) is 0 Å². The molecule has 0 saturated heterocycles.